The maximum Gasteiger partial charge on any atom is 0.0822 e. The molecule has 0 aliphatic heterocycles. The summed E-state index contributed by atoms with van der Waals surface area (Å²) in [4.78, 5) is 6.10. The van der Waals surface area contributed by atoms with E-state index >= 15 is 0 Å². The van der Waals surface area contributed by atoms with E-state index in [1.807, 2.05) is 13.1 Å². The summed E-state index contributed by atoms with van der Waals surface area (Å²) in [5, 5.41) is 0.714. The fourth-order valence-corrected chi connectivity index (χ4v) is 1.59. The molecule has 13 heavy (non-hydrogen) atoms. The Bertz CT molecular complexity index is 273. The van der Waals surface area contributed by atoms with Gasteiger partial charge in [-0.1, -0.05) is 25.4 Å². The summed E-state index contributed by atoms with van der Waals surface area (Å²) in [6.07, 6.45) is 3.44. The minimum atomic E-state index is 0.634. The van der Waals surface area contributed by atoms with Gasteiger partial charge in [-0.25, -0.2) is 0 Å². The first kappa shape index (κ1) is 10.3. The highest BCUT2D eigenvalue weighted by Gasteiger charge is 2.06. The standard InChI is InChI=1S/C10H15ClN2/c1-8(2)7-13(3)10-4-5-12-6-9(10)11/h4-6,8H,7H2,1-3H3. The number of aromatic nitrogens is 1. The van der Waals surface area contributed by atoms with E-state index in [2.05, 4.69) is 23.7 Å². The molecule has 0 spiro atoms. The number of halogens is 1. The van der Waals surface area contributed by atoms with Crippen molar-refractivity contribution >= 4 is 17.3 Å². The summed E-state index contributed by atoms with van der Waals surface area (Å²) < 4.78 is 0. The molecule has 0 unspecified atom stereocenters. The van der Waals surface area contributed by atoms with Gasteiger partial charge in [-0.15, -0.1) is 0 Å². The van der Waals surface area contributed by atoms with Crippen LogP contribution in [-0.2, 0) is 0 Å². The summed E-state index contributed by atoms with van der Waals surface area (Å²) in [6, 6.07) is 1.94. The second-order valence-corrected chi connectivity index (χ2v) is 4.01. The van der Waals surface area contributed by atoms with E-state index in [-0.39, 0.29) is 0 Å². The fourth-order valence-electron chi connectivity index (χ4n) is 1.32. The van der Waals surface area contributed by atoms with Crippen molar-refractivity contribution in [2.75, 3.05) is 18.5 Å². The van der Waals surface area contributed by atoms with Crippen molar-refractivity contribution in [3.8, 4) is 0 Å². The molecule has 0 amide bonds. The molecule has 1 aromatic heterocycles. The van der Waals surface area contributed by atoms with Gasteiger partial charge in [0.2, 0.25) is 0 Å². The van der Waals surface area contributed by atoms with Gasteiger partial charge >= 0.3 is 0 Å². The van der Waals surface area contributed by atoms with Gasteiger partial charge in [0.1, 0.15) is 0 Å². The first-order chi connectivity index (χ1) is 6.11. The number of anilines is 1. The largest absolute Gasteiger partial charge is 0.373 e. The molecule has 0 N–H and O–H groups in total. The number of pyridine rings is 1. The molecule has 2 nitrogen and oxygen atoms in total. The van der Waals surface area contributed by atoms with Crippen LogP contribution in [0, 0.1) is 5.92 Å². The zero-order chi connectivity index (χ0) is 9.84. The molecule has 1 aromatic rings. The van der Waals surface area contributed by atoms with E-state index in [0.29, 0.717) is 10.9 Å². The van der Waals surface area contributed by atoms with Crippen LogP contribution in [0.25, 0.3) is 0 Å². The monoisotopic (exact) mass is 198 g/mol. The summed E-state index contributed by atoms with van der Waals surface area (Å²) in [6.45, 7) is 5.38. The lowest BCUT2D eigenvalue weighted by molar-refractivity contribution is 0.638. The first-order valence-corrected chi connectivity index (χ1v) is 4.79. The van der Waals surface area contributed by atoms with Crippen molar-refractivity contribution in [3.63, 3.8) is 0 Å². The molecule has 1 rings (SSSR count). The van der Waals surface area contributed by atoms with E-state index in [1.54, 1.807) is 12.4 Å². The van der Waals surface area contributed by atoms with Gasteiger partial charge in [0.05, 0.1) is 10.7 Å². The SMILES string of the molecule is CC(C)CN(C)c1ccncc1Cl. The topological polar surface area (TPSA) is 16.1 Å². The van der Waals surface area contributed by atoms with Gasteiger partial charge in [-0.3, -0.25) is 4.98 Å². The van der Waals surface area contributed by atoms with Gasteiger partial charge in [-0.05, 0) is 12.0 Å². The van der Waals surface area contributed by atoms with Crippen molar-refractivity contribution in [1.82, 2.24) is 4.98 Å². The molecule has 0 saturated heterocycles. The lowest BCUT2D eigenvalue weighted by atomic mass is 10.2. The van der Waals surface area contributed by atoms with Crippen LogP contribution >= 0.6 is 11.6 Å². The van der Waals surface area contributed by atoms with Gasteiger partial charge < -0.3 is 4.90 Å². The third-order valence-corrected chi connectivity index (χ3v) is 2.09. The highest BCUT2D eigenvalue weighted by Crippen LogP contribution is 2.23. The van der Waals surface area contributed by atoms with Crippen molar-refractivity contribution in [3.05, 3.63) is 23.5 Å². The molecule has 0 aromatic carbocycles. The highest BCUT2D eigenvalue weighted by molar-refractivity contribution is 6.33. The van der Waals surface area contributed by atoms with Crippen LogP contribution < -0.4 is 4.90 Å². The minimum Gasteiger partial charge on any atom is -0.373 e. The Labute approximate surface area is 84.5 Å². The molecule has 0 aliphatic rings. The van der Waals surface area contributed by atoms with Gasteiger partial charge in [-0.2, -0.15) is 0 Å². The quantitative estimate of drug-likeness (QED) is 0.743. The molecule has 0 saturated carbocycles. The Morgan fingerprint density at radius 2 is 2.23 bits per heavy atom. The molecule has 0 aliphatic carbocycles. The Morgan fingerprint density at radius 3 is 2.77 bits per heavy atom. The zero-order valence-electron chi connectivity index (χ0n) is 8.29. The Hall–Kier alpha value is -0.760. The number of rotatable bonds is 3. The molecule has 0 radical (unpaired) electrons. The average molecular weight is 199 g/mol. The molecule has 0 fully saturated rings. The summed E-state index contributed by atoms with van der Waals surface area (Å²) in [5.41, 5.74) is 1.05. The second-order valence-electron chi connectivity index (χ2n) is 3.60. The molecule has 1 heterocycles. The van der Waals surface area contributed by atoms with Crippen molar-refractivity contribution in [2.45, 2.75) is 13.8 Å². The molecular weight excluding hydrogens is 184 g/mol. The van der Waals surface area contributed by atoms with Crippen molar-refractivity contribution < 1.29 is 0 Å². The Balaban J connectivity index is 2.76. The Morgan fingerprint density at radius 1 is 1.54 bits per heavy atom. The van der Waals surface area contributed by atoms with E-state index < -0.39 is 0 Å². The van der Waals surface area contributed by atoms with Gasteiger partial charge in [0, 0.05) is 26.0 Å². The number of hydrogen-bond donors (Lipinski definition) is 0. The van der Waals surface area contributed by atoms with Gasteiger partial charge in [0.25, 0.3) is 0 Å². The maximum absolute atomic E-state index is 6.00. The lowest BCUT2D eigenvalue weighted by Gasteiger charge is -2.22. The smallest absolute Gasteiger partial charge is 0.0822 e. The van der Waals surface area contributed by atoms with Crippen LogP contribution in [-0.4, -0.2) is 18.6 Å². The predicted octanol–water partition coefficient (Wildman–Crippen LogP) is 2.83. The lowest BCUT2D eigenvalue weighted by Crippen LogP contribution is -2.22. The van der Waals surface area contributed by atoms with E-state index in [9.17, 15) is 0 Å². The molecule has 0 atom stereocenters. The van der Waals surface area contributed by atoms with Crippen LogP contribution in [0.1, 0.15) is 13.8 Å². The minimum absolute atomic E-state index is 0.634. The van der Waals surface area contributed by atoms with Crippen LogP contribution in [0.4, 0.5) is 5.69 Å². The molecule has 0 bridgehead atoms. The third-order valence-electron chi connectivity index (χ3n) is 1.80. The fraction of sp³-hybridized carbons (Fsp3) is 0.500. The van der Waals surface area contributed by atoms with E-state index in [4.69, 9.17) is 11.6 Å². The number of nitrogens with zero attached hydrogens (tertiary/aromatic N) is 2. The highest BCUT2D eigenvalue weighted by atomic mass is 35.5. The molecule has 72 valence electrons. The van der Waals surface area contributed by atoms with Gasteiger partial charge in [0.15, 0.2) is 0 Å². The summed E-state index contributed by atoms with van der Waals surface area (Å²) in [5.74, 6) is 0.634. The number of hydrogen-bond acceptors (Lipinski definition) is 2. The maximum atomic E-state index is 6.00. The van der Waals surface area contributed by atoms with E-state index in [0.717, 1.165) is 12.2 Å². The van der Waals surface area contributed by atoms with Crippen LogP contribution in [0.15, 0.2) is 18.5 Å². The van der Waals surface area contributed by atoms with Crippen LogP contribution in [0.2, 0.25) is 5.02 Å². The van der Waals surface area contributed by atoms with E-state index in [1.165, 1.54) is 0 Å². The molecular formula is C10H15ClN2. The predicted molar refractivity (Wildman–Crippen MR) is 57.4 cm³/mol. The van der Waals surface area contributed by atoms with Crippen molar-refractivity contribution in [1.29, 1.82) is 0 Å². The second kappa shape index (κ2) is 4.47. The van der Waals surface area contributed by atoms with Crippen LogP contribution in [0.5, 0.6) is 0 Å². The Kier molecular flexibility index (Phi) is 3.55. The third kappa shape index (κ3) is 2.88. The molecule has 3 heteroatoms. The first-order valence-electron chi connectivity index (χ1n) is 4.42. The summed E-state index contributed by atoms with van der Waals surface area (Å²) in [7, 11) is 2.04. The summed E-state index contributed by atoms with van der Waals surface area (Å²) >= 11 is 6.00. The van der Waals surface area contributed by atoms with Crippen LogP contribution in [0.3, 0.4) is 0 Å². The zero-order valence-corrected chi connectivity index (χ0v) is 9.04. The average Bonchev–Trinajstić information content (AvgIpc) is 2.03. The normalized spacial score (nSPS) is 10.5. The van der Waals surface area contributed by atoms with Crippen molar-refractivity contribution in [2.24, 2.45) is 5.92 Å².